The molecule has 1 aromatic carbocycles. The van der Waals surface area contributed by atoms with E-state index in [1.807, 2.05) is 25.8 Å². The molecule has 4 heteroatoms. The summed E-state index contributed by atoms with van der Waals surface area (Å²) in [6, 6.07) is 6.52. The van der Waals surface area contributed by atoms with Crippen molar-refractivity contribution in [2.24, 2.45) is 0 Å². The van der Waals surface area contributed by atoms with Crippen LogP contribution in [0.25, 0.3) is 0 Å². The van der Waals surface area contributed by atoms with Gasteiger partial charge in [0.1, 0.15) is 0 Å². The van der Waals surface area contributed by atoms with Crippen molar-refractivity contribution in [1.82, 2.24) is 10.6 Å². The molecule has 0 bridgehead atoms. The van der Waals surface area contributed by atoms with E-state index >= 15 is 0 Å². The Balaban J connectivity index is 2.67. The molecule has 20 heavy (non-hydrogen) atoms. The van der Waals surface area contributed by atoms with Crippen LogP contribution in [0.15, 0.2) is 18.2 Å². The number of carbonyl (C=O) groups is 1. The van der Waals surface area contributed by atoms with Gasteiger partial charge < -0.3 is 15.5 Å². The summed E-state index contributed by atoms with van der Waals surface area (Å²) in [6.07, 6.45) is 0. The summed E-state index contributed by atoms with van der Waals surface area (Å²) in [5, 5.41) is 6.24. The Bertz CT molecular complexity index is 443. The van der Waals surface area contributed by atoms with Gasteiger partial charge in [0.15, 0.2) is 0 Å². The lowest BCUT2D eigenvalue weighted by Gasteiger charge is -2.21. The zero-order chi connectivity index (χ0) is 15.1. The first kappa shape index (κ1) is 16.5. The monoisotopic (exact) mass is 277 g/mol. The summed E-state index contributed by atoms with van der Waals surface area (Å²) in [4.78, 5) is 13.7. The number of likely N-dealkylation sites (N-methyl/N-ethyl adjacent to an activating group) is 1. The van der Waals surface area contributed by atoms with Crippen LogP contribution in [0.5, 0.6) is 0 Å². The van der Waals surface area contributed by atoms with Crippen LogP contribution in [0.1, 0.15) is 31.9 Å². The number of aryl methyl sites for hydroxylation is 1. The molecule has 112 valence electrons. The Morgan fingerprint density at radius 2 is 2.05 bits per heavy atom. The van der Waals surface area contributed by atoms with Crippen molar-refractivity contribution in [1.29, 1.82) is 0 Å². The van der Waals surface area contributed by atoms with E-state index in [1.54, 1.807) is 0 Å². The van der Waals surface area contributed by atoms with Crippen LogP contribution in [-0.4, -0.2) is 32.1 Å². The number of anilines is 1. The lowest BCUT2D eigenvalue weighted by atomic mass is 10.1. The topological polar surface area (TPSA) is 44.4 Å². The molecule has 1 rings (SSSR count). The van der Waals surface area contributed by atoms with Crippen LogP contribution in [-0.2, 0) is 11.3 Å². The van der Waals surface area contributed by atoms with Crippen molar-refractivity contribution in [2.75, 3.05) is 25.0 Å². The van der Waals surface area contributed by atoms with Crippen molar-refractivity contribution in [3.63, 3.8) is 0 Å². The maximum absolute atomic E-state index is 11.8. The molecule has 0 saturated carbocycles. The van der Waals surface area contributed by atoms with E-state index < -0.39 is 0 Å². The summed E-state index contributed by atoms with van der Waals surface area (Å²) < 4.78 is 0. The number of hydrogen-bond acceptors (Lipinski definition) is 3. The van der Waals surface area contributed by atoms with Crippen molar-refractivity contribution in [2.45, 2.75) is 40.3 Å². The Labute approximate surface area is 122 Å². The molecule has 1 amide bonds. The smallest absolute Gasteiger partial charge is 0.239 e. The Hall–Kier alpha value is -1.55. The number of rotatable bonds is 7. The van der Waals surface area contributed by atoms with Crippen molar-refractivity contribution < 1.29 is 4.79 Å². The molecule has 0 aliphatic heterocycles. The second kappa shape index (κ2) is 7.90. The van der Waals surface area contributed by atoms with Crippen LogP contribution in [0.2, 0.25) is 0 Å². The van der Waals surface area contributed by atoms with Crippen molar-refractivity contribution in [3.8, 4) is 0 Å². The highest BCUT2D eigenvalue weighted by Gasteiger charge is 2.09. The van der Waals surface area contributed by atoms with Gasteiger partial charge in [-0.05, 0) is 50.6 Å². The zero-order valence-electron chi connectivity index (χ0n) is 13.3. The quantitative estimate of drug-likeness (QED) is 0.802. The maximum Gasteiger partial charge on any atom is 0.239 e. The van der Waals surface area contributed by atoms with E-state index in [4.69, 9.17) is 0 Å². The van der Waals surface area contributed by atoms with Gasteiger partial charge in [-0.3, -0.25) is 4.79 Å². The van der Waals surface area contributed by atoms with E-state index in [0.29, 0.717) is 6.54 Å². The summed E-state index contributed by atoms with van der Waals surface area (Å²) in [5.74, 6) is 0.0527. The highest BCUT2D eigenvalue weighted by molar-refractivity contribution is 5.81. The van der Waals surface area contributed by atoms with Crippen LogP contribution >= 0.6 is 0 Å². The maximum atomic E-state index is 11.8. The van der Waals surface area contributed by atoms with Gasteiger partial charge in [-0.1, -0.05) is 13.0 Å². The lowest BCUT2D eigenvalue weighted by molar-refractivity contribution is -0.120. The predicted molar refractivity (Wildman–Crippen MR) is 85.1 cm³/mol. The SMILES string of the molecule is CCNCc1ccc(N(C)CC(=O)NC(C)C)cc1C. The molecule has 4 nitrogen and oxygen atoms in total. The van der Waals surface area contributed by atoms with Crippen molar-refractivity contribution >= 4 is 11.6 Å². The third kappa shape index (κ3) is 5.21. The van der Waals surface area contributed by atoms with Gasteiger partial charge in [-0.25, -0.2) is 0 Å². The van der Waals surface area contributed by atoms with Crippen LogP contribution in [0, 0.1) is 6.92 Å². The van der Waals surface area contributed by atoms with Gasteiger partial charge in [0, 0.05) is 25.3 Å². The molecule has 0 saturated heterocycles. The number of carbonyl (C=O) groups excluding carboxylic acids is 1. The first-order valence-electron chi connectivity index (χ1n) is 7.24. The number of benzene rings is 1. The van der Waals surface area contributed by atoms with E-state index in [-0.39, 0.29) is 11.9 Å². The fraction of sp³-hybridized carbons (Fsp3) is 0.562. The van der Waals surface area contributed by atoms with Gasteiger partial charge in [-0.2, -0.15) is 0 Å². The minimum atomic E-state index is 0.0527. The highest BCUT2D eigenvalue weighted by atomic mass is 16.2. The Morgan fingerprint density at radius 1 is 1.35 bits per heavy atom. The zero-order valence-corrected chi connectivity index (χ0v) is 13.3. The Kier molecular flexibility index (Phi) is 6.52. The molecule has 0 aliphatic carbocycles. The minimum absolute atomic E-state index is 0.0527. The number of nitrogens with one attached hydrogen (secondary N) is 2. The summed E-state index contributed by atoms with van der Waals surface area (Å²) in [6.45, 7) is 10.4. The second-order valence-corrected chi connectivity index (χ2v) is 5.47. The molecule has 0 radical (unpaired) electrons. The number of hydrogen-bond donors (Lipinski definition) is 2. The average Bonchev–Trinajstić information content (AvgIpc) is 2.36. The highest BCUT2D eigenvalue weighted by Crippen LogP contribution is 2.18. The van der Waals surface area contributed by atoms with Gasteiger partial charge in [-0.15, -0.1) is 0 Å². The fourth-order valence-electron chi connectivity index (χ4n) is 2.05. The Morgan fingerprint density at radius 3 is 2.60 bits per heavy atom. The van der Waals surface area contributed by atoms with Crippen molar-refractivity contribution in [3.05, 3.63) is 29.3 Å². The molecular weight excluding hydrogens is 250 g/mol. The fourth-order valence-corrected chi connectivity index (χ4v) is 2.05. The number of nitrogens with zero attached hydrogens (tertiary/aromatic N) is 1. The molecule has 2 N–H and O–H groups in total. The van der Waals surface area contributed by atoms with E-state index in [0.717, 1.165) is 18.8 Å². The van der Waals surface area contributed by atoms with Crippen LogP contribution < -0.4 is 15.5 Å². The summed E-state index contributed by atoms with van der Waals surface area (Å²) in [7, 11) is 1.94. The molecule has 0 fully saturated rings. The number of amides is 1. The van der Waals surface area contributed by atoms with Gasteiger partial charge in [0.2, 0.25) is 5.91 Å². The molecule has 0 aliphatic rings. The second-order valence-electron chi connectivity index (χ2n) is 5.47. The lowest BCUT2D eigenvalue weighted by Crippen LogP contribution is -2.38. The molecule has 0 aromatic heterocycles. The predicted octanol–water partition coefficient (Wildman–Crippen LogP) is 2.07. The standard InChI is InChI=1S/C16H27N3O/c1-6-17-10-14-7-8-15(9-13(14)4)19(5)11-16(20)18-12(2)3/h7-9,12,17H,6,10-11H2,1-5H3,(H,18,20). The van der Waals surface area contributed by atoms with Crippen LogP contribution in [0.3, 0.4) is 0 Å². The van der Waals surface area contributed by atoms with E-state index in [2.05, 4.69) is 42.7 Å². The third-order valence-electron chi connectivity index (χ3n) is 3.16. The molecule has 0 atom stereocenters. The average molecular weight is 277 g/mol. The molecule has 1 aromatic rings. The minimum Gasteiger partial charge on any atom is -0.365 e. The first-order chi connectivity index (χ1) is 9.43. The largest absolute Gasteiger partial charge is 0.365 e. The van der Waals surface area contributed by atoms with E-state index in [1.165, 1.54) is 11.1 Å². The summed E-state index contributed by atoms with van der Waals surface area (Å²) in [5.41, 5.74) is 3.62. The van der Waals surface area contributed by atoms with Gasteiger partial charge in [0.25, 0.3) is 0 Å². The van der Waals surface area contributed by atoms with Gasteiger partial charge in [0.05, 0.1) is 6.54 Å². The van der Waals surface area contributed by atoms with E-state index in [9.17, 15) is 4.79 Å². The van der Waals surface area contributed by atoms with Gasteiger partial charge >= 0.3 is 0 Å². The molecule has 0 heterocycles. The molecular formula is C16H27N3O. The normalized spacial score (nSPS) is 10.7. The first-order valence-corrected chi connectivity index (χ1v) is 7.24. The molecule has 0 unspecified atom stereocenters. The molecule has 0 spiro atoms. The van der Waals surface area contributed by atoms with Crippen LogP contribution in [0.4, 0.5) is 5.69 Å². The third-order valence-corrected chi connectivity index (χ3v) is 3.16. The summed E-state index contributed by atoms with van der Waals surface area (Å²) >= 11 is 0.